The van der Waals surface area contributed by atoms with Crippen molar-refractivity contribution in [1.29, 1.82) is 0 Å². The van der Waals surface area contributed by atoms with Crippen LogP contribution in [0.3, 0.4) is 0 Å². The molecular formula is C16H12BrF3N4O2. The molecule has 0 aliphatic rings. The van der Waals surface area contributed by atoms with Crippen molar-refractivity contribution in [2.75, 3.05) is 12.4 Å². The lowest BCUT2D eigenvalue weighted by molar-refractivity contribution is -0.142. The van der Waals surface area contributed by atoms with Crippen LogP contribution in [0.25, 0.3) is 5.65 Å². The molecule has 26 heavy (non-hydrogen) atoms. The molecule has 0 fully saturated rings. The third-order valence-electron chi connectivity index (χ3n) is 3.49. The summed E-state index contributed by atoms with van der Waals surface area (Å²) >= 11 is 3.13. The predicted molar refractivity (Wildman–Crippen MR) is 91.4 cm³/mol. The van der Waals surface area contributed by atoms with E-state index in [2.05, 4.69) is 31.3 Å². The molecule has 0 saturated carbocycles. The Morgan fingerprint density at radius 3 is 2.69 bits per heavy atom. The summed E-state index contributed by atoms with van der Waals surface area (Å²) in [6.07, 6.45) is -4.64. The number of rotatable bonds is 3. The summed E-state index contributed by atoms with van der Waals surface area (Å²) in [7, 11) is 1.48. The molecule has 0 bridgehead atoms. The van der Waals surface area contributed by atoms with E-state index in [0.717, 1.165) is 6.07 Å². The van der Waals surface area contributed by atoms with Crippen molar-refractivity contribution in [3.05, 3.63) is 51.9 Å². The number of nitrogens with zero attached hydrogens (tertiary/aromatic N) is 3. The average molecular weight is 429 g/mol. The van der Waals surface area contributed by atoms with Crippen LogP contribution in [-0.2, 0) is 6.18 Å². The number of hydrogen-bond acceptors (Lipinski definition) is 4. The first-order chi connectivity index (χ1) is 12.2. The number of benzene rings is 1. The van der Waals surface area contributed by atoms with Crippen LogP contribution in [0.1, 0.15) is 21.9 Å². The van der Waals surface area contributed by atoms with Gasteiger partial charge in [0.15, 0.2) is 11.3 Å². The number of carbonyl (C=O) groups excluding carboxylic acids is 1. The van der Waals surface area contributed by atoms with Crippen LogP contribution < -0.4 is 10.1 Å². The van der Waals surface area contributed by atoms with E-state index in [1.54, 1.807) is 24.3 Å². The van der Waals surface area contributed by atoms with E-state index in [1.165, 1.54) is 14.0 Å². The molecule has 6 nitrogen and oxygen atoms in total. The van der Waals surface area contributed by atoms with Gasteiger partial charge in [0.25, 0.3) is 5.91 Å². The van der Waals surface area contributed by atoms with Crippen molar-refractivity contribution < 1.29 is 22.7 Å². The summed E-state index contributed by atoms with van der Waals surface area (Å²) < 4.78 is 45.5. The molecule has 1 N–H and O–H groups in total. The van der Waals surface area contributed by atoms with Gasteiger partial charge in [-0.3, -0.25) is 4.79 Å². The van der Waals surface area contributed by atoms with Gasteiger partial charge < -0.3 is 10.1 Å². The number of anilines is 1. The van der Waals surface area contributed by atoms with Crippen molar-refractivity contribution in [2.24, 2.45) is 0 Å². The lowest BCUT2D eigenvalue weighted by Gasteiger charge is -2.09. The maximum atomic E-state index is 13.3. The van der Waals surface area contributed by atoms with Crippen molar-refractivity contribution in [3.63, 3.8) is 0 Å². The van der Waals surface area contributed by atoms with Crippen LogP contribution in [0.4, 0.5) is 18.9 Å². The predicted octanol–water partition coefficient (Wildman–Crippen LogP) is 4.08. The maximum Gasteiger partial charge on any atom is 0.433 e. The molecule has 136 valence electrons. The van der Waals surface area contributed by atoms with Gasteiger partial charge in [0, 0.05) is 17.4 Å². The van der Waals surface area contributed by atoms with E-state index in [1.807, 2.05) is 0 Å². The molecule has 3 rings (SSSR count). The van der Waals surface area contributed by atoms with Gasteiger partial charge in [0.1, 0.15) is 11.4 Å². The second kappa shape index (κ2) is 6.60. The molecule has 0 aliphatic carbocycles. The Bertz CT molecular complexity index is 1000. The SMILES string of the molecule is COc1cccc(NC(=O)c2nn3c(C(F)(F)F)cc(C)nc3c2Br)c1. The first-order valence-electron chi connectivity index (χ1n) is 7.29. The highest BCUT2D eigenvalue weighted by atomic mass is 79.9. The van der Waals surface area contributed by atoms with Crippen LogP contribution in [0.15, 0.2) is 34.8 Å². The quantitative estimate of drug-likeness (QED) is 0.682. The molecule has 3 aromatic rings. The average Bonchev–Trinajstić information content (AvgIpc) is 2.90. The summed E-state index contributed by atoms with van der Waals surface area (Å²) in [5.41, 5.74) is -0.741. The van der Waals surface area contributed by atoms with E-state index in [4.69, 9.17) is 4.74 Å². The van der Waals surface area contributed by atoms with Crippen LogP contribution in [0.5, 0.6) is 5.75 Å². The fourth-order valence-electron chi connectivity index (χ4n) is 2.35. The minimum atomic E-state index is -4.64. The van der Waals surface area contributed by atoms with Crippen LogP contribution in [0.2, 0.25) is 0 Å². The fraction of sp³-hybridized carbons (Fsp3) is 0.188. The smallest absolute Gasteiger partial charge is 0.433 e. The number of nitrogens with one attached hydrogen (secondary N) is 1. The van der Waals surface area contributed by atoms with Gasteiger partial charge in [-0.1, -0.05) is 6.07 Å². The minimum Gasteiger partial charge on any atom is -0.497 e. The van der Waals surface area contributed by atoms with Crippen molar-refractivity contribution in [1.82, 2.24) is 14.6 Å². The number of carbonyl (C=O) groups is 1. The number of amides is 1. The number of aryl methyl sites for hydroxylation is 1. The summed E-state index contributed by atoms with van der Waals surface area (Å²) in [6.45, 7) is 1.44. The molecule has 0 aliphatic heterocycles. The number of fused-ring (bicyclic) bond motifs is 1. The van der Waals surface area contributed by atoms with Crippen LogP contribution >= 0.6 is 15.9 Å². The topological polar surface area (TPSA) is 68.5 Å². The van der Waals surface area contributed by atoms with Gasteiger partial charge in [0.05, 0.1) is 11.6 Å². The van der Waals surface area contributed by atoms with Gasteiger partial charge in [-0.25, -0.2) is 9.50 Å². The third kappa shape index (κ3) is 3.36. The molecule has 2 aromatic heterocycles. The highest BCUT2D eigenvalue weighted by molar-refractivity contribution is 9.10. The number of hydrogen-bond donors (Lipinski definition) is 1. The van der Waals surface area contributed by atoms with Gasteiger partial charge >= 0.3 is 6.18 Å². The number of alkyl halides is 3. The molecule has 1 amide bonds. The zero-order valence-corrected chi connectivity index (χ0v) is 15.1. The van der Waals surface area contributed by atoms with E-state index in [9.17, 15) is 18.0 Å². The summed E-state index contributed by atoms with van der Waals surface area (Å²) in [5.74, 6) is -0.157. The molecule has 0 atom stereocenters. The monoisotopic (exact) mass is 428 g/mol. The van der Waals surface area contributed by atoms with E-state index < -0.39 is 17.8 Å². The zero-order valence-electron chi connectivity index (χ0n) is 13.6. The second-order valence-corrected chi connectivity index (χ2v) is 6.16. The van der Waals surface area contributed by atoms with E-state index in [0.29, 0.717) is 16.0 Å². The summed E-state index contributed by atoms with van der Waals surface area (Å²) in [6, 6.07) is 7.42. The maximum absolute atomic E-state index is 13.3. The Morgan fingerprint density at radius 2 is 2.04 bits per heavy atom. The molecule has 0 saturated heterocycles. The number of ether oxygens (including phenoxy) is 1. The second-order valence-electron chi connectivity index (χ2n) is 5.36. The number of methoxy groups -OCH3 is 1. The highest BCUT2D eigenvalue weighted by Gasteiger charge is 2.36. The van der Waals surface area contributed by atoms with Gasteiger partial charge in [-0.05, 0) is 41.1 Å². The Labute approximate surface area is 154 Å². The molecule has 0 spiro atoms. The van der Waals surface area contributed by atoms with Crippen LogP contribution in [0, 0.1) is 6.92 Å². The molecule has 2 heterocycles. The highest BCUT2D eigenvalue weighted by Crippen LogP contribution is 2.32. The molecule has 0 radical (unpaired) electrons. The van der Waals surface area contributed by atoms with Gasteiger partial charge in [-0.2, -0.15) is 18.3 Å². The molecule has 1 aromatic carbocycles. The van der Waals surface area contributed by atoms with Gasteiger partial charge in [-0.15, -0.1) is 0 Å². The minimum absolute atomic E-state index is 0.0760. The Morgan fingerprint density at radius 1 is 1.31 bits per heavy atom. The Hall–Kier alpha value is -2.62. The Kier molecular flexibility index (Phi) is 4.61. The normalized spacial score (nSPS) is 11.6. The van der Waals surface area contributed by atoms with E-state index in [-0.39, 0.29) is 21.5 Å². The van der Waals surface area contributed by atoms with Crippen molar-refractivity contribution in [3.8, 4) is 5.75 Å². The summed E-state index contributed by atoms with van der Waals surface area (Å²) in [5, 5.41) is 6.38. The largest absolute Gasteiger partial charge is 0.497 e. The zero-order chi connectivity index (χ0) is 19.1. The van der Waals surface area contributed by atoms with E-state index >= 15 is 0 Å². The first kappa shape index (κ1) is 18.2. The lowest BCUT2D eigenvalue weighted by Crippen LogP contribution is -2.16. The van der Waals surface area contributed by atoms with Crippen molar-refractivity contribution in [2.45, 2.75) is 13.1 Å². The Balaban J connectivity index is 2.05. The van der Waals surface area contributed by atoms with Crippen LogP contribution in [-0.4, -0.2) is 27.6 Å². The fourth-order valence-corrected chi connectivity index (χ4v) is 2.87. The number of aromatic nitrogens is 3. The number of halogens is 4. The molecule has 0 unspecified atom stereocenters. The lowest BCUT2D eigenvalue weighted by atomic mass is 10.3. The van der Waals surface area contributed by atoms with Crippen molar-refractivity contribution >= 4 is 33.2 Å². The molecule has 10 heteroatoms. The van der Waals surface area contributed by atoms with Gasteiger partial charge in [0.2, 0.25) is 0 Å². The first-order valence-corrected chi connectivity index (χ1v) is 8.08. The third-order valence-corrected chi connectivity index (χ3v) is 4.22. The summed E-state index contributed by atoms with van der Waals surface area (Å²) in [4.78, 5) is 16.5. The standard InChI is InChI=1S/C16H12BrF3N4O2/c1-8-6-11(16(18,19)20)24-14(21-8)12(17)13(23-24)15(25)22-9-4-3-5-10(7-9)26-2/h3-7H,1-2H3,(H,22,25). The molecular weight excluding hydrogens is 417 g/mol.